The maximum Gasteiger partial charge on any atom is 0.305 e. The lowest BCUT2D eigenvalue weighted by Crippen LogP contribution is -2.43. The van der Waals surface area contributed by atoms with Gasteiger partial charge in [-0.3, -0.25) is 9.59 Å². The minimum absolute atomic E-state index is 0.231. The molecule has 5 nitrogen and oxygen atoms in total. The predicted octanol–water partition coefficient (Wildman–Crippen LogP) is 1.66. The SMILES string of the molecule is CC(c1cccc(Cl)c1)N(C)C(=O)C(N)CC(=O)O. The number of carbonyl (C=O) groups is 2. The molecule has 0 aliphatic heterocycles. The van der Waals surface area contributed by atoms with Gasteiger partial charge in [0.2, 0.25) is 5.91 Å². The van der Waals surface area contributed by atoms with E-state index in [9.17, 15) is 9.59 Å². The van der Waals surface area contributed by atoms with Gasteiger partial charge in [-0.2, -0.15) is 0 Å². The number of carboxylic acid groups (broad SMARTS) is 1. The fraction of sp³-hybridized carbons (Fsp3) is 0.385. The molecule has 1 aromatic rings. The van der Waals surface area contributed by atoms with Crippen LogP contribution in [0.1, 0.15) is 24.9 Å². The summed E-state index contributed by atoms with van der Waals surface area (Å²) in [6.45, 7) is 1.83. The number of carboxylic acids is 1. The van der Waals surface area contributed by atoms with Crippen molar-refractivity contribution < 1.29 is 14.7 Å². The molecule has 0 spiro atoms. The standard InChI is InChI=1S/C13H17ClN2O3/c1-8(9-4-3-5-10(14)6-9)16(2)13(19)11(15)7-12(17)18/h3-6,8,11H,7,15H2,1-2H3,(H,17,18). The van der Waals surface area contributed by atoms with Crippen molar-refractivity contribution in [1.29, 1.82) is 0 Å². The summed E-state index contributed by atoms with van der Waals surface area (Å²) < 4.78 is 0. The molecule has 104 valence electrons. The first-order chi connectivity index (χ1) is 8.82. The van der Waals surface area contributed by atoms with Crippen LogP contribution in [0.4, 0.5) is 0 Å². The van der Waals surface area contributed by atoms with Gasteiger partial charge in [0, 0.05) is 12.1 Å². The molecule has 0 saturated heterocycles. The van der Waals surface area contributed by atoms with E-state index in [-0.39, 0.29) is 12.5 Å². The fourth-order valence-electron chi connectivity index (χ4n) is 1.72. The van der Waals surface area contributed by atoms with Gasteiger partial charge in [-0.25, -0.2) is 0 Å². The molecular weight excluding hydrogens is 268 g/mol. The van der Waals surface area contributed by atoms with Gasteiger partial charge in [-0.1, -0.05) is 23.7 Å². The highest BCUT2D eigenvalue weighted by Gasteiger charge is 2.24. The minimum Gasteiger partial charge on any atom is -0.481 e. The fourth-order valence-corrected chi connectivity index (χ4v) is 1.92. The Morgan fingerprint density at radius 2 is 2.11 bits per heavy atom. The largest absolute Gasteiger partial charge is 0.481 e. The summed E-state index contributed by atoms with van der Waals surface area (Å²) in [5.74, 6) is -1.50. The van der Waals surface area contributed by atoms with Gasteiger partial charge in [-0.15, -0.1) is 0 Å². The molecule has 0 heterocycles. The van der Waals surface area contributed by atoms with E-state index < -0.39 is 17.9 Å². The molecule has 0 aliphatic rings. The first-order valence-electron chi connectivity index (χ1n) is 5.82. The number of benzene rings is 1. The molecule has 0 saturated carbocycles. The Hall–Kier alpha value is -1.59. The van der Waals surface area contributed by atoms with Crippen molar-refractivity contribution in [2.45, 2.75) is 25.4 Å². The summed E-state index contributed by atoms with van der Waals surface area (Å²) in [7, 11) is 1.59. The summed E-state index contributed by atoms with van der Waals surface area (Å²) in [6, 6.07) is 5.89. The number of hydrogen-bond donors (Lipinski definition) is 2. The molecular formula is C13H17ClN2O3. The van der Waals surface area contributed by atoms with Crippen LogP contribution in [0.5, 0.6) is 0 Å². The molecule has 0 aliphatic carbocycles. The number of nitrogens with two attached hydrogens (primary N) is 1. The van der Waals surface area contributed by atoms with Crippen molar-refractivity contribution in [2.75, 3.05) is 7.05 Å². The molecule has 0 fully saturated rings. The average molecular weight is 285 g/mol. The van der Waals surface area contributed by atoms with Gasteiger partial charge in [0.15, 0.2) is 0 Å². The zero-order valence-electron chi connectivity index (χ0n) is 10.8. The maximum absolute atomic E-state index is 12.0. The van der Waals surface area contributed by atoms with E-state index in [0.717, 1.165) is 5.56 Å². The number of nitrogens with zero attached hydrogens (tertiary/aromatic N) is 1. The molecule has 2 atom stereocenters. The highest BCUT2D eigenvalue weighted by atomic mass is 35.5. The lowest BCUT2D eigenvalue weighted by atomic mass is 10.1. The molecule has 19 heavy (non-hydrogen) atoms. The van der Waals surface area contributed by atoms with E-state index in [0.29, 0.717) is 5.02 Å². The highest BCUT2D eigenvalue weighted by Crippen LogP contribution is 2.22. The van der Waals surface area contributed by atoms with Crippen LogP contribution in [-0.4, -0.2) is 35.0 Å². The Kier molecular flexibility index (Phi) is 5.32. The second-order valence-electron chi connectivity index (χ2n) is 4.38. The molecule has 2 unspecified atom stereocenters. The highest BCUT2D eigenvalue weighted by molar-refractivity contribution is 6.30. The third kappa shape index (κ3) is 4.22. The smallest absolute Gasteiger partial charge is 0.305 e. The number of likely N-dealkylation sites (N-methyl/N-ethyl adjacent to an activating group) is 1. The van der Waals surface area contributed by atoms with Crippen LogP contribution in [-0.2, 0) is 9.59 Å². The minimum atomic E-state index is -1.09. The summed E-state index contributed by atoms with van der Waals surface area (Å²) >= 11 is 5.90. The third-order valence-electron chi connectivity index (χ3n) is 2.97. The van der Waals surface area contributed by atoms with Crippen LogP contribution in [0, 0.1) is 0 Å². The topological polar surface area (TPSA) is 83.6 Å². The monoisotopic (exact) mass is 284 g/mol. The molecule has 1 rings (SSSR count). The van der Waals surface area contributed by atoms with Crippen LogP contribution in [0.3, 0.4) is 0 Å². The predicted molar refractivity (Wildman–Crippen MR) is 72.9 cm³/mol. The van der Waals surface area contributed by atoms with Crippen molar-refractivity contribution in [1.82, 2.24) is 4.90 Å². The van der Waals surface area contributed by atoms with E-state index >= 15 is 0 Å². The lowest BCUT2D eigenvalue weighted by Gasteiger charge is -2.27. The van der Waals surface area contributed by atoms with Gasteiger partial charge < -0.3 is 15.7 Å². The number of aliphatic carboxylic acids is 1. The van der Waals surface area contributed by atoms with Gasteiger partial charge in [0.25, 0.3) is 0 Å². The van der Waals surface area contributed by atoms with Gasteiger partial charge in [0.1, 0.15) is 0 Å². The van der Waals surface area contributed by atoms with E-state index in [1.54, 1.807) is 25.2 Å². The van der Waals surface area contributed by atoms with Crippen LogP contribution in [0.25, 0.3) is 0 Å². The molecule has 1 aromatic carbocycles. The average Bonchev–Trinajstić information content (AvgIpc) is 2.35. The molecule has 3 N–H and O–H groups in total. The summed E-state index contributed by atoms with van der Waals surface area (Å²) in [5.41, 5.74) is 6.43. The van der Waals surface area contributed by atoms with Crippen LogP contribution in [0.2, 0.25) is 5.02 Å². The van der Waals surface area contributed by atoms with Crippen LogP contribution < -0.4 is 5.73 Å². The Morgan fingerprint density at radius 3 is 2.63 bits per heavy atom. The number of halogens is 1. The zero-order valence-corrected chi connectivity index (χ0v) is 11.6. The maximum atomic E-state index is 12.0. The Balaban J connectivity index is 2.79. The molecule has 0 aromatic heterocycles. The van der Waals surface area contributed by atoms with Crippen LogP contribution in [0.15, 0.2) is 24.3 Å². The number of carbonyl (C=O) groups excluding carboxylic acids is 1. The van der Waals surface area contributed by atoms with Gasteiger partial charge in [-0.05, 0) is 24.6 Å². The Labute approximate surface area is 117 Å². The first-order valence-corrected chi connectivity index (χ1v) is 6.20. The lowest BCUT2D eigenvalue weighted by molar-refractivity contribution is -0.142. The van der Waals surface area contributed by atoms with Crippen molar-refractivity contribution >= 4 is 23.5 Å². The number of amides is 1. The summed E-state index contributed by atoms with van der Waals surface area (Å²) in [4.78, 5) is 24.0. The van der Waals surface area contributed by atoms with E-state index in [2.05, 4.69) is 0 Å². The van der Waals surface area contributed by atoms with Crippen LogP contribution >= 0.6 is 11.6 Å². The third-order valence-corrected chi connectivity index (χ3v) is 3.21. The first kappa shape index (κ1) is 15.5. The molecule has 1 amide bonds. The van der Waals surface area contributed by atoms with E-state index in [4.69, 9.17) is 22.4 Å². The number of rotatable bonds is 5. The van der Waals surface area contributed by atoms with Crippen molar-refractivity contribution in [2.24, 2.45) is 5.73 Å². The molecule has 0 bridgehead atoms. The summed E-state index contributed by atoms with van der Waals surface area (Å²) in [6.07, 6.45) is -0.383. The zero-order chi connectivity index (χ0) is 14.6. The van der Waals surface area contributed by atoms with E-state index in [1.807, 2.05) is 13.0 Å². The Bertz CT molecular complexity index is 479. The normalized spacial score (nSPS) is 13.7. The Morgan fingerprint density at radius 1 is 1.47 bits per heavy atom. The van der Waals surface area contributed by atoms with E-state index in [1.165, 1.54) is 4.90 Å². The quantitative estimate of drug-likeness (QED) is 0.861. The van der Waals surface area contributed by atoms with Crippen molar-refractivity contribution in [3.05, 3.63) is 34.9 Å². The molecule has 6 heteroatoms. The van der Waals surface area contributed by atoms with Crippen molar-refractivity contribution in [3.63, 3.8) is 0 Å². The molecule has 0 radical (unpaired) electrons. The van der Waals surface area contributed by atoms with Gasteiger partial charge >= 0.3 is 5.97 Å². The summed E-state index contributed by atoms with van der Waals surface area (Å²) in [5, 5.41) is 9.22. The number of hydrogen-bond acceptors (Lipinski definition) is 3. The van der Waals surface area contributed by atoms with Crippen molar-refractivity contribution in [3.8, 4) is 0 Å². The van der Waals surface area contributed by atoms with Gasteiger partial charge in [0.05, 0.1) is 18.5 Å². The second kappa shape index (κ2) is 6.54. The second-order valence-corrected chi connectivity index (χ2v) is 4.82.